The van der Waals surface area contributed by atoms with E-state index in [1.165, 1.54) is 11.3 Å². The number of nitrogens with zero attached hydrogens (tertiary/aromatic N) is 3. The van der Waals surface area contributed by atoms with Crippen molar-refractivity contribution < 1.29 is 14.1 Å². The lowest BCUT2D eigenvalue weighted by atomic mass is 10.2. The topological polar surface area (TPSA) is 80.5 Å². The Kier molecular flexibility index (Phi) is 5.99. The Labute approximate surface area is 184 Å². The van der Waals surface area contributed by atoms with Crippen LogP contribution in [0.5, 0.6) is 5.75 Å². The minimum atomic E-state index is -0.133. The Morgan fingerprint density at radius 3 is 2.48 bits per heavy atom. The highest BCUT2D eigenvalue weighted by molar-refractivity contribution is 7.17. The summed E-state index contributed by atoms with van der Waals surface area (Å²) < 4.78 is 10.5. The van der Waals surface area contributed by atoms with Gasteiger partial charge in [0.2, 0.25) is 5.82 Å². The van der Waals surface area contributed by atoms with Crippen molar-refractivity contribution in [2.24, 2.45) is 0 Å². The van der Waals surface area contributed by atoms with Crippen LogP contribution in [0.1, 0.15) is 15.2 Å². The highest BCUT2D eigenvalue weighted by atomic mass is 32.1. The second-order valence-electron chi connectivity index (χ2n) is 7.06. The molecule has 0 radical (unpaired) electrons. The van der Waals surface area contributed by atoms with Gasteiger partial charge in [-0.05, 0) is 54.1 Å². The molecule has 7 nitrogen and oxygen atoms in total. The summed E-state index contributed by atoms with van der Waals surface area (Å²) in [6.45, 7) is 0.462. The van der Waals surface area contributed by atoms with Gasteiger partial charge in [0.05, 0.1) is 16.9 Å². The van der Waals surface area contributed by atoms with E-state index in [4.69, 9.17) is 9.26 Å². The number of ether oxygens (including phenoxy) is 1. The highest BCUT2D eigenvalue weighted by Crippen LogP contribution is 2.28. The summed E-state index contributed by atoms with van der Waals surface area (Å²) in [5, 5.41) is 7.00. The molecule has 0 spiro atoms. The SMILES string of the molecule is COc1ccc(-c2nc(-c3ccc(C(=O)NCc4ccc(N(C)C)cc4)s3)no2)cc1. The van der Waals surface area contributed by atoms with Gasteiger partial charge in [-0.2, -0.15) is 4.98 Å². The number of methoxy groups -OCH3 is 1. The first kappa shape index (κ1) is 20.6. The molecule has 8 heteroatoms. The molecule has 0 unspecified atom stereocenters. The molecule has 0 saturated heterocycles. The van der Waals surface area contributed by atoms with Gasteiger partial charge in [0.1, 0.15) is 5.75 Å². The molecule has 0 saturated carbocycles. The maximum absolute atomic E-state index is 12.5. The van der Waals surface area contributed by atoms with E-state index in [-0.39, 0.29) is 5.91 Å². The molecule has 0 atom stereocenters. The first-order valence-electron chi connectivity index (χ1n) is 9.66. The van der Waals surface area contributed by atoms with Crippen LogP contribution in [0.4, 0.5) is 5.69 Å². The third-order valence-electron chi connectivity index (χ3n) is 4.72. The van der Waals surface area contributed by atoms with Gasteiger partial charge in [0.25, 0.3) is 11.8 Å². The normalized spacial score (nSPS) is 10.7. The fourth-order valence-electron chi connectivity index (χ4n) is 2.94. The summed E-state index contributed by atoms with van der Waals surface area (Å²) in [7, 11) is 5.61. The Bertz CT molecular complexity index is 1160. The summed E-state index contributed by atoms with van der Waals surface area (Å²) >= 11 is 1.33. The molecule has 4 rings (SSSR count). The molecular formula is C23H22N4O3S. The van der Waals surface area contributed by atoms with Crippen molar-refractivity contribution in [1.29, 1.82) is 0 Å². The lowest BCUT2D eigenvalue weighted by Crippen LogP contribution is -2.21. The second-order valence-corrected chi connectivity index (χ2v) is 8.14. The molecule has 0 fully saturated rings. The maximum atomic E-state index is 12.5. The number of nitrogens with one attached hydrogen (secondary N) is 1. The fourth-order valence-corrected chi connectivity index (χ4v) is 3.78. The van der Waals surface area contributed by atoms with E-state index in [1.54, 1.807) is 13.2 Å². The zero-order chi connectivity index (χ0) is 21.8. The first-order valence-corrected chi connectivity index (χ1v) is 10.5. The number of anilines is 1. The number of benzene rings is 2. The van der Waals surface area contributed by atoms with E-state index >= 15 is 0 Å². The molecule has 1 N–H and O–H groups in total. The van der Waals surface area contributed by atoms with E-state index in [0.29, 0.717) is 23.1 Å². The average Bonchev–Trinajstić information content (AvgIpc) is 3.48. The molecule has 2 aromatic carbocycles. The van der Waals surface area contributed by atoms with Gasteiger partial charge in [-0.3, -0.25) is 4.79 Å². The summed E-state index contributed by atoms with van der Waals surface area (Å²) in [6.07, 6.45) is 0. The molecule has 0 aliphatic carbocycles. The van der Waals surface area contributed by atoms with E-state index < -0.39 is 0 Å². The smallest absolute Gasteiger partial charge is 0.261 e. The number of carbonyl (C=O) groups is 1. The highest BCUT2D eigenvalue weighted by Gasteiger charge is 2.15. The minimum Gasteiger partial charge on any atom is -0.497 e. The van der Waals surface area contributed by atoms with Gasteiger partial charge in [0, 0.05) is 31.9 Å². The second kappa shape index (κ2) is 9.01. The van der Waals surface area contributed by atoms with E-state index in [9.17, 15) is 4.79 Å². The number of hydrogen-bond donors (Lipinski definition) is 1. The van der Waals surface area contributed by atoms with Gasteiger partial charge in [0.15, 0.2) is 0 Å². The van der Waals surface area contributed by atoms with Crippen molar-refractivity contribution in [3.63, 3.8) is 0 Å². The molecule has 0 aliphatic rings. The number of amides is 1. The van der Waals surface area contributed by atoms with Crippen molar-refractivity contribution in [3.05, 3.63) is 71.1 Å². The number of aromatic nitrogens is 2. The molecule has 1 amide bonds. The van der Waals surface area contributed by atoms with Gasteiger partial charge in [-0.15, -0.1) is 11.3 Å². The summed E-state index contributed by atoms with van der Waals surface area (Å²) in [4.78, 5) is 20.4. The first-order chi connectivity index (χ1) is 15.0. The van der Waals surface area contributed by atoms with Crippen LogP contribution < -0.4 is 15.0 Å². The zero-order valence-electron chi connectivity index (χ0n) is 17.5. The quantitative estimate of drug-likeness (QED) is 0.462. The largest absolute Gasteiger partial charge is 0.497 e. The molecule has 158 valence electrons. The van der Waals surface area contributed by atoms with E-state index in [2.05, 4.69) is 15.5 Å². The van der Waals surface area contributed by atoms with Gasteiger partial charge in [-0.1, -0.05) is 17.3 Å². The van der Waals surface area contributed by atoms with Crippen LogP contribution in [0.25, 0.3) is 22.2 Å². The minimum absolute atomic E-state index is 0.133. The molecule has 2 heterocycles. The Balaban J connectivity index is 1.40. The summed E-state index contributed by atoms with van der Waals surface area (Å²) in [6, 6.07) is 19.1. The van der Waals surface area contributed by atoms with Crippen LogP contribution in [0, 0.1) is 0 Å². The van der Waals surface area contributed by atoms with E-state index in [0.717, 1.165) is 27.4 Å². The molecule has 0 bridgehead atoms. The monoisotopic (exact) mass is 434 g/mol. The summed E-state index contributed by atoms with van der Waals surface area (Å²) in [5.41, 5.74) is 2.96. The van der Waals surface area contributed by atoms with Crippen LogP contribution in [-0.4, -0.2) is 37.3 Å². The Hall–Kier alpha value is -3.65. The van der Waals surface area contributed by atoms with Gasteiger partial charge >= 0.3 is 0 Å². The van der Waals surface area contributed by atoms with Crippen molar-refractivity contribution in [2.75, 3.05) is 26.1 Å². The lowest BCUT2D eigenvalue weighted by molar-refractivity contribution is 0.0955. The number of hydrogen-bond acceptors (Lipinski definition) is 7. The van der Waals surface area contributed by atoms with Crippen LogP contribution in [0.2, 0.25) is 0 Å². The van der Waals surface area contributed by atoms with Crippen LogP contribution in [-0.2, 0) is 6.54 Å². The maximum Gasteiger partial charge on any atom is 0.261 e. The predicted octanol–water partition coefficient (Wildman–Crippen LogP) is 4.47. The lowest BCUT2D eigenvalue weighted by Gasteiger charge is -2.12. The Morgan fingerprint density at radius 2 is 1.81 bits per heavy atom. The van der Waals surface area contributed by atoms with Crippen molar-refractivity contribution in [3.8, 4) is 27.9 Å². The molecule has 2 aromatic heterocycles. The third-order valence-corrected chi connectivity index (χ3v) is 5.80. The van der Waals surface area contributed by atoms with E-state index in [1.807, 2.05) is 73.6 Å². The van der Waals surface area contributed by atoms with Crippen molar-refractivity contribution in [1.82, 2.24) is 15.5 Å². The zero-order valence-corrected chi connectivity index (χ0v) is 18.3. The fraction of sp³-hybridized carbons (Fsp3) is 0.174. The van der Waals surface area contributed by atoms with Crippen molar-refractivity contribution in [2.45, 2.75) is 6.54 Å². The van der Waals surface area contributed by atoms with Crippen LogP contribution >= 0.6 is 11.3 Å². The molecule has 4 aromatic rings. The van der Waals surface area contributed by atoms with Gasteiger partial charge in [-0.25, -0.2) is 0 Å². The van der Waals surface area contributed by atoms with Crippen LogP contribution in [0.15, 0.2) is 65.2 Å². The number of rotatable bonds is 7. The van der Waals surface area contributed by atoms with Gasteiger partial charge < -0.3 is 19.5 Å². The molecule has 31 heavy (non-hydrogen) atoms. The third kappa shape index (κ3) is 4.75. The van der Waals surface area contributed by atoms with Crippen LogP contribution in [0.3, 0.4) is 0 Å². The predicted molar refractivity (Wildman–Crippen MR) is 122 cm³/mol. The number of thiophene rings is 1. The number of carbonyl (C=O) groups excluding carboxylic acids is 1. The van der Waals surface area contributed by atoms with Crippen molar-refractivity contribution >= 4 is 22.9 Å². The Morgan fingerprint density at radius 1 is 1.06 bits per heavy atom. The summed E-state index contributed by atoms with van der Waals surface area (Å²) in [5.74, 6) is 1.49. The average molecular weight is 435 g/mol. The molecule has 0 aliphatic heterocycles. The standard InChI is InChI=1S/C23H22N4O3S/c1-27(2)17-8-4-15(5-9-17)14-24-22(28)20-13-12-19(31-20)21-25-23(30-26-21)16-6-10-18(29-3)11-7-16/h4-13H,14H2,1-3H3,(H,24,28). The molecular weight excluding hydrogens is 412 g/mol.